The van der Waals surface area contributed by atoms with Crippen LogP contribution in [0.3, 0.4) is 0 Å². The van der Waals surface area contributed by atoms with Gasteiger partial charge in [-0.05, 0) is 0 Å². The summed E-state index contributed by atoms with van der Waals surface area (Å²) in [5, 5.41) is 14.0. The van der Waals surface area contributed by atoms with E-state index in [1.807, 2.05) is 0 Å². The Bertz CT molecular complexity index is 116. The standard InChI is InChI=1S/C5H10N2O2/c8-3-4-5(9)7-2-1-6-4/h4,6,8H,1-3H2,(H,7,9). The molecular weight excluding hydrogens is 120 g/mol. The van der Waals surface area contributed by atoms with Gasteiger partial charge in [-0.3, -0.25) is 4.79 Å². The van der Waals surface area contributed by atoms with Crippen molar-refractivity contribution in [2.75, 3.05) is 19.7 Å². The second-order valence-electron chi connectivity index (χ2n) is 1.98. The van der Waals surface area contributed by atoms with Crippen LogP contribution in [0.15, 0.2) is 0 Å². The van der Waals surface area contributed by atoms with E-state index in [9.17, 15) is 4.79 Å². The van der Waals surface area contributed by atoms with Gasteiger partial charge in [-0.15, -0.1) is 0 Å². The molecule has 1 aliphatic heterocycles. The molecule has 52 valence electrons. The maximum Gasteiger partial charge on any atom is 0.239 e. The molecule has 1 fully saturated rings. The molecule has 0 spiro atoms. The first-order valence-corrected chi connectivity index (χ1v) is 2.96. The van der Waals surface area contributed by atoms with E-state index in [0.29, 0.717) is 6.54 Å². The molecule has 1 atom stereocenters. The third-order valence-electron chi connectivity index (χ3n) is 1.31. The van der Waals surface area contributed by atoms with E-state index >= 15 is 0 Å². The molecule has 3 N–H and O–H groups in total. The second-order valence-corrected chi connectivity index (χ2v) is 1.98. The molecule has 4 heteroatoms. The summed E-state index contributed by atoms with van der Waals surface area (Å²) in [6.07, 6.45) is 0. The molecule has 0 bridgehead atoms. The number of aliphatic hydroxyl groups is 1. The highest BCUT2D eigenvalue weighted by Gasteiger charge is 2.19. The van der Waals surface area contributed by atoms with E-state index in [-0.39, 0.29) is 12.5 Å². The number of carbonyl (C=O) groups excluding carboxylic acids is 1. The SMILES string of the molecule is O=C1NCCNC1CO. The minimum atomic E-state index is -0.390. The first-order chi connectivity index (χ1) is 4.34. The van der Waals surface area contributed by atoms with Gasteiger partial charge in [-0.1, -0.05) is 0 Å². The van der Waals surface area contributed by atoms with Crippen molar-refractivity contribution in [3.8, 4) is 0 Å². The fraction of sp³-hybridized carbons (Fsp3) is 0.800. The summed E-state index contributed by atoms with van der Waals surface area (Å²) in [6.45, 7) is 1.29. The first-order valence-electron chi connectivity index (χ1n) is 2.96. The fourth-order valence-corrected chi connectivity index (χ4v) is 0.795. The number of carbonyl (C=O) groups is 1. The Kier molecular flexibility index (Phi) is 2.02. The summed E-state index contributed by atoms with van der Waals surface area (Å²) in [7, 11) is 0. The lowest BCUT2D eigenvalue weighted by atomic mass is 10.2. The lowest BCUT2D eigenvalue weighted by molar-refractivity contribution is -0.125. The van der Waals surface area contributed by atoms with Gasteiger partial charge < -0.3 is 15.7 Å². The van der Waals surface area contributed by atoms with E-state index in [1.165, 1.54) is 0 Å². The van der Waals surface area contributed by atoms with Crippen molar-refractivity contribution in [2.45, 2.75) is 6.04 Å². The zero-order valence-electron chi connectivity index (χ0n) is 5.05. The van der Waals surface area contributed by atoms with Crippen molar-refractivity contribution in [3.63, 3.8) is 0 Å². The van der Waals surface area contributed by atoms with Crippen molar-refractivity contribution in [1.82, 2.24) is 10.6 Å². The maximum atomic E-state index is 10.7. The summed E-state index contributed by atoms with van der Waals surface area (Å²) in [4.78, 5) is 10.7. The Labute approximate surface area is 53.2 Å². The summed E-state index contributed by atoms with van der Waals surface area (Å²) < 4.78 is 0. The van der Waals surface area contributed by atoms with Gasteiger partial charge in [0.05, 0.1) is 6.61 Å². The normalized spacial score (nSPS) is 27.7. The zero-order chi connectivity index (χ0) is 6.69. The molecule has 0 aliphatic carbocycles. The first kappa shape index (κ1) is 6.51. The van der Waals surface area contributed by atoms with Crippen molar-refractivity contribution in [2.24, 2.45) is 0 Å². The summed E-state index contributed by atoms with van der Waals surface area (Å²) >= 11 is 0. The Balaban J connectivity index is 2.39. The van der Waals surface area contributed by atoms with Gasteiger partial charge in [-0.2, -0.15) is 0 Å². The summed E-state index contributed by atoms with van der Waals surface area (Å²) in [6, 6.07) is -0.390. The highest BCUT2D eigenvalue weighted by molar-refractivity contribution is 5.82. The fourth-order valence-electron chi connectivity index (χ4n) is 0.795. The molecule has 0 aromatic carbocycles. The lowest BCUT2D eigenvalue weighted by Crippen LogP contribution is -2.54. The number of hydrogen-bond donors (Lipinski definition) is 3. The van der Waals surface area contributed by atoms with E-state index in [2.05, 4.69) is 10.6 Å². The molecule has 0 aromatic rings. The number of piperazine rings is 1. The van der Waals surface area contributed by atoms with E-state index in [1.54, 1.807) is 0 Å². The lowest BCUT2D eigenvalue weighted by Gasteiger charge is -2.20. The van der Waals surface area contributed by atoms with Crippen LogP contribution in [0.1, 0.15) is 0 Å². The van der Waals surface area contributed by atoms with E-state index < -0.39 is 6.04 Å². The van der Waals surface area contributed by atoms with E-state index in [0.717, 1.165) is 6.54 Å². The average Bonchev–Trinajstić information content (AvgIpc) is 1.89. The van der Waals surface area contributed by atoms with E-state index in [4.69, 9.17) is 5.11 Å². The predicted molar refractivity (Wildman–Crippen MR) is 31.9 cm³/mol. The molecule has 1 heterocycles. The van der Waals surface area contributed by atoms with Crippen LogP contribution in [0.2, 0.25) is 0 Å². The van der Waals surface area contributed by atoms with Crippen LogP contribution in [-0.2, 0) is 4.79 Å². The van der Waals surface area contributed by atoms with Gasteiger partial charge in [0.1, 0.15) is 6.04 Å². The number of aliphatic hydroxyl groups excluding tert-OH is 1. The number of amides is 1. The molecule has 1 rings (SSSR count). The molecule has 1 amide bonds. The molecular formula is C5H10N2O2. The topological polar surface area (TPSA) is 61.4 Å². The molecule has 1 saturated heterocycles. The third-order valence-corrected chi connectivity index (χ3v) is 1.31. The van der Waals surface area contributed by atoms with Crippen molar-refractivity contribution in [3.05, 3.63) is 0 Å². The summed E-state index contributed by atoms with van der Waals surface area (Å²) in [5.41, 5.74) is 0. The van der Waals surface area contributed by atoms with Crippen LogP contribution in [0.25, 0.3) is 0 Å². The van der Waals surface area contributed by atoms with Crippen LogP contribution in [0.4, 0.5) is 0 Å². The van der Waals surface area contributed by atoms with Gasteiger partial charge >= 0.3 is 0 Å². The Hall–Kier alpha value is -0.610. The molecule has 0 aromatic heterocycles. The summed E-state index contributed by atoms with van der Waals surface area (Å²) in [5.74, 6) is -0.108. The molecule has 1 unspecified atom stereocenters. The highest BCUT2D eigenvalue weighted by Crippen LogP contribution is 1.85. The van der Waals surface area contributed by atoms with Crippen molar-refractivity contribution >= 4 is 5.91 Å². The zero-order valence-corrected chi connectivity index (χ0v) is 5.05. The minimum Gasteiger partial charge on any atom is -0.394 e. The monoisotopic (exact) mass is 130 g/mol. The molecule has 4 nitrogen and oxygen atoms in total. The smallest absolute Gasteiger partial charge is 0.239 e. The van der Waals surface area contributed by atoms with Crippen LogP contribution in [-0.4, -0.2) is 36.8 Å². The van der Waals surface area contributed by atoms with Gasteiger partial charge in [0.2, 0.25) is 5.91 Å². The predicted octanol–water partition coefficient (Wildman–Crippen LogP) is -1.93. The van der Waals surface area contributed by atoms with Crippen LogP contribution >= 0.6 is 0 Å². The van der Waals surface area contributed by atoms with Gasteiger partial charge in [0, 0.05) is 13.1 Å². The minimum absolute atomic E-state index is 0.108. The Morgan fingerprint density at radius 3 is 2.89 bits per heavy atom. The van der Waals surface area contributed by atoms with Crippen molar-refractivity contribution in [1.29, 1.82) is 0 Å². The van der Waals surface area contributed by atoms with Crippen molar-refractivity contribution < 1.29 is 9.90 Å². The van der Waals surface area contributed by atoms with Crippen LogP contribution < -0.4 is 10.6 Å². The number of nitrogens with one attached hydrogen (secondary N) is 2. The highest BCUT2D eigenvalue weighted by atomic mass is 16.3. The number of rotatable bonds is 1. The molecule has 0 saturated carbocycles. The molecule has 1 aliphatic rings. The van der Waals surface area contributed by atoms with Gasteiger partial charge in [0.25, 0.3) is 0 Å². The largest absolute Gasteiger partial charge is 0.394 e. The second kappa shape index (κ2) is 2.80. The third kappa shape index (κ3) is 1.40. The van der Waals surface area contributed by atoms with Gasteiger partial charge in [0.15, 0.2) is 0 Å². The number of hydrogen-bond acceptors (Lipinski definition) is 3. The quantitative estimate of drug-likeness (QED) is 0.387. The maximum absolute atomic E-state index is 10.7. The van der Waals surface area contributed by atoms with Crippen LogP contribution in [0.5, 0.6) is 0 Å². The molecule has 0 radical (unpaired) electrons. The Morgan fingerprint density at radius 1 is 1.67 bits per heavy atom. The average molecular weight is 130 g/mol. The molecule has 9 heavy (non-hydrogen) atoms. The van der Waals surface area contributed by atoms with Crippen LogP contribution in [0, 0.1) is 0 Å². The Morgan fingerprint density at radius 2 is 2.44 bits per heavy atom. The van der Waals surface area contributed by atoms with Gasteiger partial charge in [-0.25, -0.2) is 0 Å².